The van der Waals surface area contributed by atoms with Gasteiger partial charge in [0.05, 0.1) is 6.54 Å². The third kappa shape index (κ3) is 4.74. The van der Waals surface area contributed by atoms with E-state index >= 15 is 0 Å². The highest BCUT2D eigenvalue weighted by Crippen LogP contribution is 2.32. The monoisotopic (exact) mass is 283 g/mol. The Morgan fingerprint density at radius 3 is 2.45 bits per heavy atom. The van der Waals surface area contributed by atoms with Crippen LogP contribution in [-0.2, 0) is 4.79 Å². The summed E-state index contributed by atoms with van der Waals surface area (Å²) in [7, 11) is 0. The molecule has 1 saturated carbocycles. The Balaban J connectivity index is 2.68. The molecular weight excluding hydrogens is 250 g/mol. The molecule has 0 aromatic heterocycles. The summed E-state index contributed by atoms with van der Waals surface area (Å²) in [6, 6.07) is 0.256. The van der Waals surface area contributed by atoms with Crippen molar-refractivity contribution in [2.45, 2.75) is 77.3 Å². The molecule has 0 aromatic rings. The Labute approximate surface area is 124 Å². The minimum atomic E-state index is 0.0566. The molecule has 0 radical (unpaired) electrons. The van der Waals surface area contributed by atoms with Crippen LogP contribution in [0.4, 0.5) is 0 Å². The molecule has 20 heavy (non-hydrogen) atoms. The highest BCUT2D eigenvalue weighted by Gasteiger charge is 2.37. The summed E-state index contributed by atoms with van der Waals surface area (Å²) in [5.74, 6) is 0.145. The van der Waals surface area contributed by atoms with E-state index in [-0.39, 0.29) is 17.5 Å². The maximum atomic E-state index is 12.2. The number of nitrogens with zero attached hydrogens (tertiary/aromatic N) is 1. The largest absolute Gasteiger partial charge is 0.353 e. The van der Waals surface area contributed by atoms with Gasteiger partial charge in [-0.1, -0.05) is 33.1 Å². The number of carbonyl (C=O) groups excluding carboxylic acids is 1. The van der Waals surface area contributed by atoms with E-state index < -0.39 is 0 Å². The predicted octanol–water partition coefficient (Wildman–Crippen LogP) is 2.27. The van der Waals surface area contributed by atoms with E-state index in [0.29, 0.717) is 13.1 Å². The first-order valence-electron chi connectivity index (χ1n) is 8.32. The van der Waals surface area contributed by atoms with E-state index in [1.165, 1.54) is 19.3 Å². The Hall–Kier alpha value is -0.610. The third-order valence-corrected chi connectivity index (χ3v) is 4.68. The normalized spacial score (nSPS) is 19.9. The van der Waals surface area contributed by atoms with E-state index in [0.717, 1.165) is 32.2 Å². The molecule has 1 amide bonds. The minimum Gasteiger partial charge on any atom is -0.353 e. The van der Waals surface area contributed by atoms with Crippen molar-refractivity contribution in [2.75, 3.05) is 19.6 Å². The van der Waals surface area contributed by atoms with Crippen LogP contribution in [0.15, 0.2) is 0 Å². The summed E-state index contributed by atoms with van der Waals surface area (Å²) in [5, 5.41) is 3.08. The van der Waals surface area contributed by atoms with Gasteiger partial charge in [-0.3, -0.25) is 9.69 Å². The maximum absolute atomic E-state index is 12.2. The molecule has 118 valence electrons. The summed E-state index contributed by atoms with van der Waals surface area (Å²) < 4.78 is 0. The molecule has 4 heteroatoms. The van der Waals surface area contributed by atoms with E-state index in [9.17, 15) is 4.79 Å². The van der Waals surface area contributed by atoms with Crippen molar-refractivity contribution in [3.8, 4) is 0 Å². The van der Waals surface area contributed by atoms with Crippen LogP contribution in [-0.4, -0.2) is 42.0 Å². The molecule has 1 unspecified atom stereocenters. The first-order chi connectivity index (χ1) is 9.57. The van der Waals surface area contributed by atoms with Gasteiger partial charge in [-0.2, -0.15) is 0 Å². The van der Waals surface area contributed by atoms with Gasteiger partial charge in [0.1, 0.15) is 0 Å². The van der Waals surface area contributed by atoms with E-state index in [1.807, 2.05) is 0 Å². The standard InChI is InChI=1S/C16H33N3O/c1-4-11-19(12-15(20)18-14(3)5-2)16(13-17)9-7-6-8-10-16/h14H,4-13,17H2,1-3H3,(H,18,20). The van der Waals surface area contributed by atoms with Gasteiger partial charge in [0, 0.05) is 18.1 Å². The molecule has 0 heterocycles. The average Bonchev–Trinajstić information content (AvgIpc) is 2.47. The van der Waals surface area contributed by atoms with Crippen LogP contribution in [0.5, 0.6) is 0 Å². The van der Waals surface area contributed by atoms with Crippen molar-refractivity contribution in [3.63, 3.8) is 0 Å². The van der Waals surface area contributed by atoms with Gasteiger partial charge >= 0.3 is 0 Å². The average molecular weight is 283 g/mol. The smallest absolute Gasteiger partial charge is 0.234 e. The van der Waals surface area contributed by atoms with Gasteiger partial charge in [0.25, 0.3) is 0 Å². The first-order valence-corrected chi connectivity index (χ1v) is 8.32. The summed E-state index contributed by atoms with van der Waals surface area (Å²) in [5.41, 5.74) is 6.16. The molecule has 1 rings (SSSR count). The summed E-state index contributed by atoms with van der Waals surface area (Å²) in [6.45, 7) is 8.45. The number of hydrogen-bond donors (Lipinski definition) is 2. The number of rotatable bonds is 8. The topological polar surface area (TPSA) is 58.4 Å². The van der Waals surface area contributed by atoms with Crippen LogP contribution in [0.25, 0.3) is 0 Å². The Morgan fingerprint density at radius 2 is 1.95 bits per heavy atom. The minimum absolute atomic E-state index is 0.0566. The number of carbonyl (C=O) groups is 1. The fourth-order valence-corrected chi connectivity index (χ4v) is 3.21. The zero-order valence-corrected chi connectivity index (χ0v) is 13.6. The van der Waals surface area contributed by atoms with Gasteiger partial charge in [-0.25, -0.2) is 0 Å². The number of amides is 1. The molecule has 4 nitrogen and oxygen atoms in total. The van der Waals surface area contributed by atoms with Crippen LogP contribution in [0.2, 0.25) is 0 Å². The van der Waals surface area contributed by atoms with Gasteiger partial charge in [-0.05, 0) is 39.2 Å². The molecule has 0 aliphatic heterocycles. The molecule has 0 spiro atoms. The third-order valence-electron chi connectivity index (χ3n) is 4.68. The quantitative estimate of drug-likeness (QED) is 0.718. The lowest BCUT2D eigenvalue weighted by molar-refractivity contribution is -0.125. The van der Waals surface area contributed by atoms with Crippen molar-refractivity contribution < 1.29 is 4.79 Å². The van der Waals surface area contributed by atoms with Crippen molar-refractivity contribution in [1.29, 1.82) is 0 Å². The highest BCUT2D eigenvalue weighted by molar-refractivity contribution is 5.78. The molecule has 1 fully saturated rings. The molecule has 1 aliphatic rings. The van der Waals surface area contributed by atoms with Crippen LogP contribution < -0.4 is 11.1 Å². The lowest BCUT2D eigenvalue weighted by atomic mass is 9.80. The van der Waals surface area contributed by atoms with E-state index in [4.69, 9.17) is 5.73 Å². The summed E-state index contributed by atoms with van der Waals surface area (Å²) in [6.07, 6.45) is 8.11. The Bertz CT molecular complexity index is 287. The van der Waals surface area contributed by atoms with Gasteiger partial charge in [0.2, 0.25) is 5.91 Å². The lowest BCUT2D eigenvalue weighted by Gasteiger charge is -2.45. The van der Waals surface area contributed by atoms with Gasteiger partial charge in [0.15, 0.2) is 0 Å². The SMILES string of the molecule is CCCN(CC(=O)NC(C)CC)C1(CN)CCCCC1. The number of nitrogens with one attached hydrogen (secondary N) is 1. The Kier molecular flexibility index (Phi) is 7.52. The van der Waals surface area contributed by atoms with Crippen molar-refractivity contribution in [1.82, 2.24) is 10.2 Å². The molecule has 0 aromatic carbocycles. The molecule has 0 saturated heterocycles. The molecule has 1 atom stereocenters. The van der Waals surface area contributed by atoms with Crippen LogP contribution in [0.1, 0.15) is 65.7 Å². The van der Waals surface area contributed by atoms with Crippen LogP contribution in [0.3, 0.4) is 0 Å². The van der Waals surface area contributed by atoms with Crippen LogP contribution in [0, 0.1) is 0 Å². The van der Waals surface area contributed by atoms with E-state index in [2.05, 4.69) is 31.0 Å². The fourth-order valence-electron chi connectivity index (χ4n) is 3.21. The summed E-state index contributed by atoms with van der Waals surface area (Å²) >= 11 is 0. The Morgan fingerprint density at radius 1 is 1.30 bits per heavy atom. The second kappa shape index (κ2) is 8.63. The molecule has 0 bridgehead atoms. The van der Waals surface area contributed by atoms with Gasteiger partial charge < -0.3 is 11.1 Å². The number of hydrogen-bond acceptors (Lipinski definition) is 3. The maximum Gasteiger partial charge on any atom is 0.234 e. The highest BCUT2D eigenvalue weighted by atomic mass is 16.2. The van der Waals surface area contributed by atoms with Crippen molar-refractivity contribution in [2.24, 2.45) is 5.73 Å². The van der Waals surface area contributed by atoms with Gasteiger partial charge in [-0.15, -0.1) is 0 Å². The molecular formula is C16H33N3O. The molecule has 3 N–H and O–H groups in total. The van der Waals surface area contributed by atoms with Crippen LogP contribution >= 0.6 is 0 Å². The first kappa shape index (κ1) is 17.4. The summed E-state index contributed by atoms with van der Waals surface area (Å²) in [4.78, 5) is 14.6. The second-order valence-corrected chi connectivity index (χ2v) is 6.29. The second-order valence-electron chi connectivity index (χ2n) is 6.29. The fraction of sp³-hybridized carbons (Fsp3) is 0.938. The predicted molar refractivity (Wildman–Crippen MR) is 84.6 cm³/mol. The zero-order chi connectivity index (χ0) is 15.0. The van der Waals surface area contributed by atoms with Crippen molar-refractivity contribution >= 4 is 5.91 Å². The molecule has 1 aliphatic carbocycles. The zero-order valence-electron chi connectivity index (χ0n) is 13.6. The van der Waals surface area contributed by atoms with E-state index in [1.54, 1.807) is 0 Å². The lowest BCUT2D eigenvalue weighted by Crippen LogP contribution is -2.58. The number of nitrogens with two attached hydrogens (primary N) is 1. The van der Waals surface area contributed by atoms with Crippen molar-refractivity contribution in [3.05, 3.63) is 0 Å².